The van der Waals surface area contributed by atoms with E-state index in [1.54, 1.807) is 7.11 Å². The van der Waals surface area contributed by atoms with Crippen LogP contribution in [0.4, 0.5) is 0 Å². The third-order valence-electron chi connectivity index (χ3n) is 7.84. The molecule has 244 valence electrons. The minimum absolute atomic E-state index is 0.0675. The van der Waals surface area contributed by atoms with Gasteiger partial charge in [-0.15, -0.1) is 0 Å². The summed E-state index contributed by atoms with van der Waals surface area (Å²) in [5.74, 6) is -0.0904. The van der Waals surface area contributed by atoms with Gasteiger partial charge in [-0.25, -0.2) is 0 Å². The van der Waals surface area contributed by atoms with Crippen LogP contribution < -0.4 is 0 Å². The molecule has 1 saturated heterocycles. The van der Waals surface area contributed by atoms with Gasteiger partial charge in [0.25, 0.3) is 0 Å². The van der Waals surface area contributed by atoms with Crippen molar-refractivity contribution in [2.45, 2.75) is 122 Å². The minimum atomic E-state index is -1.33. The van der Waals surface area contributed by atoms with Crippen LogP contribution in [-0.2, 0) is 28.5 Å². The van der Waals surface area contributed by atoms with Gasteiger partial charge < -0.3 is 39.0 Å². The fourth-order valence-electron chi connectivity index (χ4n) is 5.44. The van der Waals surface area contributed by atoms with Crippen molar-refractivity contribution in [2.24, 2.45) is 5.92 Å². The summed E-state index contributed by atoms with van der Waals surface area (Å²) in [6, 6.07) is 0. The number of aliphatic hydroxyl groups is 3. The van der Waals surface area contributed by atoms with Gasteiger partial charge in [-0.2, -0.15) is 0 Å². The quantitative estimate of drug-likeness (QED) is 0.266. The maximum absolute atomic E-state index is 13.3. The number of methoxy groups -OCH3 is 2. The molecule has 9 atom stereocenters. The molecule has 9 heteroatoms. The first kappa shape index (κ1) is 37.1. The molecule has 0 bridgehead atoms. The van der Waals surface area contributed by atoms with Gasteiger partial charge in [0, 0.05) is 20.6 Å². The van der Waals surface area contributed by atoms with E-state index in [-0.39, 0.29) is 12.5 Å². The molecular formula is C34H54O9. The van der Waals surface area contributed by atoms with E-state index in [4.69, 9.17) is 23.7 Å². The SMILES string of the molecule is C/C=C/C/C(C)=C\C1C/C=C/C=C/C[C@@H](C)/C=C(\C)[C@@H](OC)CCCC(O[C@@H]2O[C@H](CO)[C@@H](O)[C@H](OC)[C@H]2O)CC(=O)O1. The van der Waals surface area contributed by atoms with Crippen molar-refractivity contribution in [3.05, 3.63) is 59.8 Å². The number of carbonyl (C=O) groups is 1. The molecule has 2 unspecified atom stereocenters. The monoisotopic (exact) mass is 606 g/mol. The molecular weight excluding hydrogens is 552 g/mol. The second-order valence-electron chi connectivity index (χ2n) is 11.6. The third kappa shape index (κ3) is 12.8. The molecule has 1 fully saturated rings. The Kier molecular flexibility index (Phi) is 17.3. The highest BCUT2D eigenvalue weighted by Gasteiger charge is 2.46. The molecule has 2 rings (SSSR count). The summed E-state index contributed by atoms with van der Waals surface area (Å²) in [5.41, 5.74) is 2.24. The number of hydrogen-bond donors (Lipinski definition) is 3. The Labute approximate surface area is 257 Å². The van der Waals surface area contributed by atoms with E-state index < -0.39 is 55.5 Å². The average Bonchev–Trinajstić information content (AvgIpc) is 2.96. The predicted molar refractivity (Wildman–Crippen MR) is 166 cm³/mol. The standard InChI is InChI=1S/C34H54O9/c1-7-8-14-24(3)20-26-16-12-10-9-11-15-23(2)19-25(4)28(39-5)18-13-17-27(21-30(36)41-26)42-34-32(38)33(40-6)31(37)29(22-35)43-34/h7-12,19-20,23,26-29,31-35,37-38H,13-18,21-22H2,1-6H3/b8-7+,11-9+,12-10+,24-20-,25-19+/t23-,26?,27?,28+,29-,31-,32-,33+,34-/m1/s1. The molecule has 0 aromatic rings. The molecule has 0 radical (unpaired) electrons. The molecule has 43 heavy (non-hydrogen) atoms. The Morgan fingerprint density at radius 3 is 2.47 bits per heavy atom. The van der Waals surface area contributed by atoms with Crippen molar-refractivity contribution in [2.75, 3.05) is 20.8 Å². The third-order valence-corrected chi connectivity index (χ3v) is 7.84. The Morgan fingerprint density at radius 1 is 1.09 bits per heavy atom. The molecule has 3 N–H and O–H groups in total. The molecule has 0 aromatic carbocycles. The largest absolute Gasteiger partial charge is 0.458 e. The van der Waals surface area contributed by atoms with Gasteiger partial charge in [0.15, 0.2) is 6.29 Å². The molecule has 0 saturated carbocycles. The summed E-state index contributed by atoms with van der Waals surface area (Å²) in [7, 11) is 3.05. The van der Waals surface area contributed by atoms with Crippen molar-refractivity contribution in [3.63, 3.8) is 0 Å². The van der Waals surface area contributed by atoms with E-state index in [0.29, 0.717) is 31.6 Å². The van der Waals surface area contributed by atoms with E-state index in [1.165, 1.54) is 7.11 Å². The van der Waals surface area contributed by atoms with Crippen LogP contribution in [-0.4, -0.2) is 91.1 Å². The Morgan fingerprint density at radius 2 is 1.81 bits per heavy atom. The second-order valence-corrected chi connectivity index (χ2v) is 11.6. The number of aliphatic hydroxyl groups excluding tert-OH is 3. The van der Waals surface area contributed by atoms with Crippen LogP contribution in [0.25, 0.3) is 0 Å². The molecule has 2 heterocycles. The molecule has 2 aliphatic rings. The van der Waals surface area contributed by atoms with Gasteiger partial charge in [-0.1, -0.05) is 55.0 Å². The number of cyclic esters (lactones) is 1. The van der Waals surface area contributed by atoms with Crippen molar-refractivity contribution in [1.29, 1.82) is 0 Å². The summed E-state index contributed by atoms with van der Waals surface area (Å²) >= 11 is 0. The highest BCUT2D eigenvalue weighted by molar-refractivity contribution is 5.70. The van der Waals surface area contributed by atoms with Gasteiger partial charge in [0.1, 0.15) is 30.5 Å². The first-order valence-corrected chi connectivity index (χ1v) is 15.4. The van der Waals surface area contributed by atoms with E-state index in [1.807, 2.05) is 44.2 Å². The average molecular weight is 607 g/mol. The molecule has 0 spiro atoms. The van der Waals surface area contributed by atoms with Gasteiger partial charge in [-0.05, 0) is 70.4 Å². The first-order chi connectivity index (χ1) is 20.6. The van der Waals surface area contributed by atoms with E-state index in [0.717, 1.165) is 24.0 Å². The molecule has 0 amide bonds. The predicted octanol–water partition coefficient (Wildman–Crippen LogP) is 4.71. The Bertz CT molecular complexity index is 969. The highest BCUT2D eigenvalue weighted by Crippen LogP contribution is 2.27. The van der Waals surface area contributed by atoms with Crippen LogP contribution in [0.3, 0.4) is 0 Å². The van der Waals surface area contributed by atoms with Gasteiger partial charge in [0.05, 0.1) is 25.2 Å². The lowest BCUT2D eigenvalue weighted by Gasteiger charge is -2.42. The zero-order chi connectivity index (χ0) is 31.8. The van der Waals surface area contributed by atoms with E-state index in [2.05, 4.69) is 32.1 Å². The van der Waals surface area contributed by atoms with E-state index in [9.17, 15) is 20.1 Å². The second kappa shape index (κ2) is 20.0. The van der Waals surface area contributed by atoms with Crippen LogP contribution in [0.2, 0.25) is 0 Å². The lowest BCUT2D eigenvalue weighted by Crippen LogP contribution is -2.60. The lowest BCUT2D eigenvalue weighted by molar-refractivity contribution is -0.315. The summed E-state index contributed by atoms with van der Waals surface area (Å²) in [6.45, 7) is 7.75. The topological polar surface area (TPSA) is 124 Å². The smallest absolute Gasteiger partial charge is 0.309 e. The van der Waals surface area contributed by atoms with Gasteiger partial charge in [0.2, 0.25) is 0 Å². The fraction of sp³-hybridized carbons (Fsp3) is 0.676. The molecule has 0 aromatic heterocycles. The zero-order valence-corrected chi connectivity index (χ0v) is 26.8. The first-order valence-electron chi connectivity index (χ1n) is 15.4. The maximum atomic E-state index is 13.3. The Hall–Kier alpha value is -2.11. The van der Waals surface area contributed by atoms with Crippen molar-refractivity contribution in [1.82, 2.24) is 0 Å². The zero-order valence-electron chi connectivity index (χ0n) is 26.8. The van der Waals surface area contributed by atoms with Crippen molar-refractivity contribution >= 4 is 5.97 Å². The molecule has 9 nitrogen and oxygen atoms in total. The summed E-state index contributed by atoms with van der Waals surface area (Å²) in [5, 5.41) is 31.0. The number of carbonyl (C=O) groups excluding carboxylic acids is 1. The maximum Gasteiger partial charge on any atom is 0.309 e. The lowest BCUT2D eigenvalue weighted by atomic mass is 9.97. The minimum Gasteiger partial charge on any atom is -0.458 e. The highest BCUT2D eigenvalue weighted by atomic mass is 16.7. The van der Waals surface area contributed by atoms with Crippen molar-refractivity contribution in [3.8, 4) is 0 Å². The van der Waals surface area contributed by atoms with Crippen LogP contribution in [0.15, 0.2) is 59.8 Å². The van der Waals surface area contributed by atoms with Gasteiger partial charge >= 0.3 is 5.97 Å². The summed E-state index contributed by atoms with van der Waals surface area (Å²) in [6.07, 6.45) is 13.4. The molecule has 2 aliphatic heterocycles. The fourth-order valence-corrected chi connectivity index (χ4v) is 5.44. The van der Waals surface area contributed by atoms with Gasteiger partial charge in [-0.3, -0.25) is 4.79 Å². The van der Waals surface area contributed by atoms with Crippen LogP contribution >= 0.6 is 0 Å². The number of hydrogen-bond acceptors (Lipinski definition) is 9. The number of esters is 1. The number of ether oxygens (including phenoxy) is 5. The number of rotatable bonds is 8. The van der Waals surface area contributed by atoms with Crippen molar-refractivity contribution < 1.29 is 43.8 Å². The number of allylic oxidation sites excluding steroid dienone is 7. The summed E-state index contributed by atoms with van der Waals surface area (Å²) < 4.78 is 28.9. The normalized spacial score (nSPS) is 37.1. The van der Waals surface area contributed by atoms with Crippen LogP contribution in [0.5, 0.6) is 0 Å². The summed E-state index contributed by atoms with van der Waals surface area (Å²) in [4.78, 5) is 13.3. The van der Waals surface area contributed by atoms with E-state index >= 15 is 0 Å². The van der Waals surface area contributed by atoms with Crippen LogP contribution in [0, 0.1) is 5.92 Å². The molecule has 0 aliphatic carbocycles. The van der Waals surface area contributed by atoms with Crippen LogP contribution in [0.1, 0.15) is 72.6 Å². The Balaban J connectivity index is 2.33.